The fourth-order valence-electron chi connectivity index (χ4n) is 8.35. The van der Waals surface area contributed by atoms with E-state index >= 15 is 0 Å². The van der Waals surface area contributed by atoms with E-state index in [1.165, 1.54) is 65.7 Å². The van der Waals surface area contributed by atoms with Crippen molar-refractivity contribution in [2.24, 2.45) is 0 Å². The minimum absolute atomic E-state index is 0.139. The highest BCUT2D eigenvalue weighted by Gasteiger charge is 2.37. The third kappa shape index (κ3) is 4.64. The van der Waals surface area contributed by atoms with Crippen molar-refractivity contribution in [3.8, 4) is 56.2 Å². The summed E-state index contributed by atoms with van der Waals surface area (Å²) in [5.41, 5.74) is 12.6. The van der Waals surface area contributed by atoms with Crippen molar-refractivity contribution in [3.05, 3.63) is 181 Å². The molecule has 0 N–H and O–H groups in total. The topological polar surface area (TPSA) is 25.8 Å². The Morgan fingerprint density at radius 1 is 0.373 bits per heavy atom. The van der Waals surface area contributed by atoms with Gasteiger partial charge in [-0.25, -0.2) is 9.97 Å². The largest absolute Gasteiger partial charge is 0.228 e. The van der Waals surface area contributed by atoms with Gasteiger partial charge in [0.25, 0.3) is 0 Å². The zero-order valence-corrected chi connectivity index (χ0v) is 28.6. The minimum Gasteiger partial charge on any atom is -0.228 e. The van der Waals surface area contributed by atoms with Gasteiger partial charge in [0.05, 0.1) is 11.4 Å². The predicted octanol–water partition coefficient (Wildman–Crippen LogP) is 12.9. The molecule has 8 aromatic carbocycles. The van der Waals surface area contributed by atoms with Crippen molar-refractivity contribution >= 4 is 32.3 Å². The predicted molar refractivity (Wildman–Crippen MR) is 214 cm³/mol. The van der Waals surface area contributed by atoms with Crippen LogP contribution in [0.3, 0.4) is 0 Å². The maximum absolute atomic E-state index is 5.32. The molecule has 0 unspecified atom stereocenters. The molecule has 0 fully saturated rings. The average molecular weight is 651 g/mol. The number of nitrogens with zero attached hydrogens (tertiary/aromatic N) is 2. The zero-order valence-electron chi connectivity index (χ0n) is 28.6. The SMILES string of the molecule is CC1(C)c2ccccc2-c2c1cc(-c1cc(-c3cccc(-c4cc5ccccc5c5ccccc45)c3)nc(-c3ccccc3)n1)c1ccccc21. The minimum atomic E-state index is -0.139. The Kier molecular flexibility index (Phi) is 6.56. The molecule has 0 atom stereocenters. The average Bonchev–Trinajstić information content (AvgIpc) is 3.43. The first kappa shape index (κ1) is 29.5. The molecular weight excluding hydrogens is 617 g/mol. The molecule has 240 valence electrons. The quantitative estimate of drug-likeness (QED) is 0.177. The van der Waals surface area contributed by atoms with Crippen LogP contribution in [0.2, 0.25) is 0 Å². The van der Waals surface area contributed by atoms with E-state index in [2.05, 4.69) is 178 Å². The van der Waals surface area contributed by atoms with Gasteiger partial charge in [-0.15, -0.1) is 0 Å². The molecule has 9 aromatic rings. The second-order valence-corrected chi connectivity index (χ2v) is 14.2. The molecule has 1 aromatic heterocycles. The summed E-state index contributed by atoms with van der Waals surface area (Å²) in [5, 5.41) is 7.48. The van der Waals surface area contributed by atoms with E-state index in [0.29, 0.717) is 0 Å². The Labute approximate surface area is 297 Å². The molecule has 2 heteroatoms. The van der Waals surface area contributed by atoms with Crippen LogP contribution >= 0.6 is 0 Å². The number of rotatable bonds is 4. The van der Waals surface area contributed by atoms with Crippen molar-refractivity contribution in [1.29, 1.82) is 0 Å². The summed E-state index contributed by atoms with van der Waals surface area (Å²) in [7, 11) is 0. The van der Waals surface area contributed by atoms with Gasteiger partial charge in [-0.05, 0) is 90.0 Å². The third-order valence-electron chi connectivity index (χ3n) is 10.9. The van der Waals surface area contributed by atoms with Gasteiger partial charge in [0, 0.05) is 22.1 Å². The molecular formula is C49H34N2. The first-order valence-electron chi connectivity index (χ1n) is 17.7. The molecule has 0 saturated carbocycles. The number of aromatic nitrogens is 2. The fraction of sp³-hybridized carbons (Fsp3) is 0.0612. The van der Waals surface area contributed by atoms with Gasteiger partial charge < -0.3 is 0 Å². The standard InChI is InChI=1S/C49H34N2/c1-49(2)43-26-13-12-25-40(43)47-39-24-11-10-23-38(39)42(29-44(47)49)46-30-45(50-48(51-46)31-15-4-3-5-16-31)34-19-14-18-32(27-34)41-28-33-17-6-7-20-35(33)36-21-8-9-22-37(36)41/h3-30H,1-2H3. The molecule has 0 amide bonds. The van der Waals surface area contributed by atoms with Crippen molar-refractivity contribution < 1.29 is 0 Å². The van der Waals surface area contributed by atoms with Gasteiger partial charge >= 0.3 is 0 Å². The van der Waals surface area contributed by atoms with E-state index in [1.807, 2.05) is 6.07 Å². The lowest BCUT2D eigenvalue weighted by atomic mass is 9.81. The maximum Gasteiger partial charge on any atom is 0.160 e. The molecule has 1 heterocycles. The summed E-state index contributed by atoms with van der Waals surface area (Å²) in [6, 6.07) is 61.2. The molecule has 0 radical (unpaired) electrons. The van der Waals surface area contributed by atoms with Crippen molar-refractivity contribution in [3.63, 3.8) is 0 Å². The molecule has 10 rings (SSSR count). The highest BCUT2D eigenvalue weighted by molar-refractivity contribution is 6.14. The number of benzene rings is 8. The Balaban J connectivity index is 1.20. The first-order chi connectivity index (χ1) is 25.0. The highest BCUT2D eigenvalue weighted by atomic mass is 14.9. The van der Waals surface area contributed by atoms with E-state index in [9.17, 15) is 0 Å². The van der Waals surface area contributed by atoms with Crippen LogP contribution in [-0.2, 0) is 5.41 Å². The van der Waals surface area contributed by atoms with E-state index in [0.717, 1.165) is 33.9 Å². The Morgan fingerprint density at radius 3 is 1.80 bits per heavy atom. The summed E-state index contributed by atoms with van der Waals surface area (Å²) >= 11 is 0. The monoisotopic (exact) mass is 650 g/mol. The molecule has 1 aliphatic rings. The Hall–Kier alpha value is -6.38. The lowest BCUT2D eigenvalue weighted by Crippen LogP contribution is -2.15. The van der Waals surface area contributed by atoms with Gasteiger partial charge in [-0.1, -0.05) is 159 Å². The smallest absolute Gasteiger partial charge is 0.160 e. The van der Waals surface area contributed by atoms with Crippen molar-refractivity contribution in [2.45, 2.75) is 19.3 Å². The molecule has 51 heavy (non-hydrogen) atoms. The van der Waals surface area contributed by atoms with Crippen LogP contribution in [-0.4, -0.2) is 9.97 Å². The lowest BCUT2D eigenvalue weighted by molar-refractivity contribution is 0.661. The molecule has 0 bridgehead atoms. The van der Waals surface area contributed by atoms with Crippen LogP contribution in [0, 0.1) is 0 Å². The number of hydrogen-bond donors (Lipinski definition) is 0. The van der Waals surface area contributed by atoms with E-state index in [1.54, 1.807) is 0 Å². The summed E-state index contributed by atoms with van der Waals surface area (Å²) in [5.74, 6) is 0.719. The van der Waals surface area contributed by atoms with Gasteiger partial charge in [-0.2, -0.15) is 0 Å². The van der Waals surface area contributed by atoms with Gasteiger partial charge in [0.15, 0.2) is 5.82 Å². The number of hydrogen-bond acceptors (Lipinski definition) is 2. The van der Waals surface area contributed by atoms with Crippen molar-refractivity contribution in [1.82, 2.24) is 9.97 Å². The second kappa shape index (κ2) is 11.3. The highest BCUT2D eigenvalue weighted by Crippen LogP contribution is 2.53. The molecule has 0 aliphatic heterocycles. The summed E-state index contributed by atoms with van der Waals surface area (Å²) in [4.78, 5) is 10.6. The van der Waals surface area contributed by atoms with Crippen LogP contribution in [0.15, 0.2) is 170 Å². The fourth-order valence-corrected chi connectivity index (χ4v) is 8.35. The lowest BCUT2D eigenvalue weighted by Gasteiger charge is -2.23. The molecule has 1 aliphatic carbocycles. The van der Waals surface area contributed by atoms with Gasteiger partial charge in [0.1, 0.15) is 0 Å². The molecule has 0 spiro atoms. The third-order valence-corrected chi connectivity index (χ3v) is 10.9. The van der Waals surface area contributed by atoms with Crippen molar-refractivity contribution in [2.75, 3.05) is 0 Å². The van der Waals surface area contributed by atoms with Crippen LogP contribution in [0.4, 0.5) is 0 Å². The molecule has 0 saturated heterocycles. The van der Waals surface area contributed by atoms with Crippen LogP contribution in [0.5, 0.6) is 0 Å². The summed E-state index contributed by atoms with van der Waals surface area (Å²) < 4.78 is 0. The van der Waals surface area contributed by atoms with Gasteiger partial charge in [-0.3, -0.25) is 0 Å². The van der Waals surface area contributed by atoms with E-state index in [-0.39, 0.29) is 5.41 Å². The zero-order chi connectivity index (χ0) is 34.1. The maximum atomic E-state index is 5.32. The second-order valence-electron chi connectivity index (χ2n) is 14.2. The van der Waals surface area contributed by atoms with E-state index in [4.69, 9.17) is 9.97 Å². The summed E-state index contributed by atoms with van der Waals surface area (Å²) in [6.07, 6.45) is 0. The first-order valence-corrected chi connectivity index (χ1v) is 17.7. The number of fused-ring (bicyclic) bond motifs is 8. The van der Waals surface area contributed by atoms with E-state index < -0.39 is 0 Å². The van der Waals surface area contributed by atoms with Crippen LogP contribution in [0.1, 0.15) is 25.0 Å². The Bertz CT molecular complexity index is 2830. The Morgan fingerprint density at radius 2 is 0.980 bits per heavy atom. The molecule has 2 nitrogen and oxygen atoms in total. The normalized spacial score (nSPS) is 13.1. The van der Waals surface area contributed by atoms with Crippen LogP contribution in [0.25, 0.3) is 88.5 Å². The van der Waals surface area contributed by atoms with Crippen LogP contribution < -0.4 is 0 Å². The van der Waals surface area contributed by atoms with Gasteiger partial charge in [0.2, 0.25) is 0 Å². The summed E-state index contributed by atoms with van der Waals surface area (Å²) in [6.45, 7) is 4.69.